The van der Waals surface area contributed by atoms with Crippen LogP contribution in [0.4, 0.5) is 0 Å². The number of phenolic OH excluding ortho intramolecular Hbond substituents is 1. The molecule has 3 nitrogen and oxygen atoms in total. The highest BCUT2D eigenvalue weighted by Gasteiger charge is 2.10. The summed E-state index contributed by atoms with van der Waals surface area (Å²) < 4.78 is 5.40. The largest absolute Gasteiger partial charge is 0.507 e. The molecule has 0 saturated carbocycles. The number of aryl methyl sites for hydroxylation is 1. The summed E-state index contributed by atoms with van der Waals surface area (Å²) in [5.74, 6) is 0.866. The number of halogens is 1. The van der Waals surface area contributed by atoms with Gasteiger partial charge in [0.15, 0.2) is 5.89 Å². The number of hydrogen-bond acceptors (Lipinski definition) is 3. The Hall–Kier alpha value is -1.48. The van der Waals surface area contributed by atoms with Gasteiger partial charge in [0.05, 0.1) is 0 Å². The van der Waals surface area contributed by atoms with Gasteiger partial charge in [-0.1, -0.05) is 31.4 Å². The van der Waals surface area contributed by atoms with Crippen molar-refractivity contribution in [3.05, 3.63) is 35.4 Å². The summed E-state index contributed by atoms with van der Waals surface area (Å²) in [6, 6.07) is 4.89. The van der Waals surface area contributed by atoms with Crippen molar-refractivity contribution in [2.45, 2.75) is 32.6 Å². The van der Waals surface area contributed by atoms with Gasteiger partial charge in [0.25, 0.3) is 0 Å². The molecular weight excluding hydrogens is 250 g/mol. The van der Waals surface area contributed by atoms with Crippen molar-refractivity contribution in [1.82, 2.24) is 4.98 Å². The van der Waals surface area contributed by atoms with E-state index in [0.29, 0.717) is 22.2 Å². The molecule has 2 aromatic rings. The molecule has 18 heavy (non-hydrogen) atoms. The van der Waals surface area contributed by atoms with Crippen LogP contribution in [0.2, 0.25) is 5.02 Å². The van der Waals surface area contributed by atoms with Crippen molar-refractivity contribution in [2.24, 2.45) is 0 Å². The van der Waals surface area contributed by atoms with E-state index in [2.05, 4.69) is 11.9 Å². The summed E-state index contributed by atoms with van der Waals surface area (Å²) in [6.45, 7) is 2.16. The predicted molar refractivity (Wildman–Crippen MR) is 71.8 cm³/mol. The van der Waals surface area contributed by atoms with E-state index in [0.717, 1.165) is 12.8 Å². The highest BCUT2D eigenvalue weighted by molar-refractivity contribution is 6.30. The molecule has 0 saturated heterocycles. The number of hydrogen-bond donors (Lipinski definition) is 1. The lowest BCUT2D eigenvalue weighted by Gasteiger charge is -2.00. The monoisotopic (exact) mass is 265 g/mol. The topological polar surface area (TPSA) is 46.3 Å². The van der Waals surface area contributed by atoms with Crippen LogP contribution in [-0.4, -0.2) is 10.1 Å². The Morgan fingerprint density at radius 2 is 2.17 bits per heavy atom. The summed E-state index contributed by atoms with van der Waals surface area (Å²) in [6.07, 6.45) is 5.79. The van der Waals surface area contributed by atoms with Gasteiger partial charge in [-0.2, -0.15) is 0 Å². The van der Waals surface area contributed by atoms with E-state index in [4.69, 9.17) is 16.0 Å². The first-order valence-corrected chi connectivity index (χ1v) is 6.51. The van der Waals surface area contributed by atoms with Crippen LogP contribution in [-0.2, 0) is 6.42 Å². The van der Waals surface area contributed by atoms with Gasteiger partial charge in [-0.05, 0) is 24.6 Å². The van der Waals surface area contributed by atoms with E-state index >= 15 is 0 Å². The molecule has 0 aliphatic rings. The minimum Gasteiger partial charge on any atom is -0.507 e. The molecule has 2 rings (SSSR count). The number of unbranched alkanes of at least 4 members (excludes halogenated alkanes) is 2. The van der Waals surface area contributed by atoms with E-state index in [1.54, 1.807) is 24.5 Å². The van der Waals surface area contributed by atoms with Crippen molar-refractivity contribution >= 4 is 11.6 Å². The molecule has 1 N–H and O–H groups in total. The van der Waals surface area contributed by atoms with Gasteiger partial charge in [0, 0.05) is 17.0 Å². The average molecular weight is 266 g/mol. The third kappa shape index (κ3) is 3.05. The normalized spacial score (nSPS) is 10.8. The SMILES string of the molecule is CCCCCc1nc(-c2cc(Cl)ccc2O)co1. The summed E-state index contributed by atoms with van der Waals surface area (Å²) in [4.78, 5) is 4.37. The Kier molecular flexibility index (Phi) is 4.26. The summed E-state index contributed by atoms with van der Waals surface area (Å²) >= 11 is 5.91. The molecule has 0 bridgehead atoms. The third-order valence-electron chi connectivity index (χ3n) is 2.78. The molecule has 0 spiro atoms. The highest BCUT2D eigenvalue weighted by Crippen LogP contribution is 2.31. The molecule has 0 aliphatic heterocycles. The Balaban J connectivity index is 2.16. The summed E-state index contributed by atoms with van der Waals surface area (Å²) in [5, 5.41) is 10.3. The lowest BCUT2D eigenvalue weighted by atomic mass is 10.1. The Bertz CT molecular complexity index is 522. The van der Waals surface area contributed by atoms with Crippen LogP contribution in [0, 0.1) is 0 Å². The number of benzene rings is 1. The maximum absolute atomic E-state index is 9.77. The van der Waals surface area contributed by atoms with Crippen molar-refractivity contribution in [3.63, 3.8) is 0 Å². The van der Waals surface area contributed by atoms with Crippen LogP contribution in [0.5, 0.6) is 5.75 Å². The molecule has 1 heterocycles. The fourth-order valence-electron chi connectivity index (χ4n) is 1.79. The fourth-order valence-corrected chi connectivity index (χ4v) is 1.96. The molecule has 0 radical (unpaired) electrons. The Labute approximate surface area is 111 Å². The zero-order valence-electron chi connectivity index (χ0n) is 10.3. The molecule has 4 heteroatoms. The second kappa shape index (κ2) is 5.91. The molecule has 0 amide bonds. The standard InChI is InChI=1S/C14H16ClNO2/c1-2-3-4-5-14-16-12(9-18-14)11-8-10(15)6-7-13(11)17/h6-9,17H,2-5H2,1H3. The number of phenols is 1. The van der Waals surface area contributed by atoms with E-state index in [1.165, 1.54) is 12.8 Å². The van der Waals surface area contributed by atoms with Crippen LogP contribution >= 0.6 is 11.6 Å². The minimum atomic E-state index is 0.160. The molecule has 1 aromatic heterocycles. The van der Waals surface area contributed by atoms with Crippen LogP contribution in [0.15, 0.2) is 28.9 Å². The average Bonchev–Trinajstić information content (AvgIpc) is 2.81. The van der Waals surface area contributed by atoms with Crippen LogP contribution in [0.3, 0.4) is 0 Å². The van der Waals surface area contributed by atoms with E-state index in [1.807, 2.05) is 0 Å². The van der Waals surface area contributed by atoms with Crippen molar-refractivity contribution < 1.29 is 9.52 Å². The van der Waals surface area contributed by atoms with Crippen molar-refractivity contribution in [2.75, 3.05) is 0 Å². The fraction of sp³-hybridized carbons (Fsp3) is 0.357. The summed E-state index contributed by atoms with van der Waals surface area (Å²) in [7, 11) is 0. The van der Waals surface area contributed by atoms with Crippen LogP contribution < -0.4 is 0 Å². The number of oxazole rings is 1. The van der Waals surface area contributed by atoms with Gasteiger partial charge in [-0.25, -0.2) is 4.98 Å². The van der Waals surface area contributed by atoms with Gasteiger partial charge in [-0.3, -0.25) is 0 Å². The van der Waals surface area contributed by atoms with Crippen LogP contribution in [0.25, 0.3) is 11.3 Å². The zero-order valence-corrected chi connectivity index (χ0v) is 11.1. The number of aromatic nitrogens is 1. The third-order valence-corrected chi connectivity index (χ3v) is 3.02. The maximum atomic E-state index is 9.77. The highest BCUT2D eigenvalue weighted by atomic mass is 35.5. The van der Waals surface area contributed by atoms with Crippen molar-refractivity contribution in [1.29, 1.82) is 0 Å². The second-order valence-electron chi connectivity index (χ2n) is 4.25. The van der Waals surface area contributed by atoms with E-state index in [9.17, 15) is 5.11 Å². The van der Waals surface area contributed by atoms with Crippen molar-refractivity contribution in [3.8, 4) is 17.0 Å². The second-order valence-corrected chi connectivity index (χ2v) is 4.68. The zero-order chi connectivity index (χ0) is 13.0. The Morgan fingerprint density at radius 1 is 1.33 bits per heavy atom. The first kappa shape index (κ1) is 13.0. The van der Waals surface area contributed by atoms with Gasteiger partial charge in [0.1, 0.15) is 17.7 Å². The predicted octanol–water partition coefficient (Wildman–Crippen LogP) is 4.43. The first-order chi connectivity index (χ1) is 8.70. The summed E-state index contributed by atoms with van der Waals surface area (Å²) in [5.41, 5.74) is 1.23. The van der Waals surface area contributed by atoms with Gasteiger partial charge < -0.3 is 9.52 Å². The van der Waals surface area contributed by atoms with Crippen LogP contribution in [0.1, 0.15) is 32.1 Å². The smallest absolute Gasteiger partial charge is 0.194 e. The van der Waals surface area contributed by atoms with E-state index in [-0.39, 0.29) is 5.75 Å². The molecule has 96 valence electrons. The quantitative estimate of drug-likeness (QED) is 0.814. The first-order valence-electron chi connectivity index (χ1n) is 6.14. The number of rotatable bonds is 5. The lowest BCUT2D eigenvalue weighted by Crippen LogP contribution is -1.86. The maximum Gasteiger partial charge on any atom is 0.194 e. The molecule has 0 aliphatic carbocycles. The molecule has 0 unspecified atom stereocenters. The lowest BCUT2D eigenvalue weighted by molar-refractivity contribution is 0.476. The number of aromatic hydroxyl groups is 1. The van der Waals surface area contributed by atoms with Gasteiger partial charge in [-0.15, -0.1) is 0 Å². The minimum absolute atomic E-state index is 0.160. The number of nitrogens with zero attached hydrogens (tertiary/aromatic N) is 1. The molecule has 1 aromatic carbocycles. The Morgan fingerprint density at radius 3 is 2.94 bits per heavy atom. The molecule has 0 fully saturated rings. The molecular formula is C14H16ClNO2. The van der Waals surface area contributed by atoms with Gasteiger partial charge >= 0.3 is 0 Å². The molecule has 0 atom stereocenters. The van der Waals surface area contributed by atoms with Gasteiger partial charge in [0.2, 0.25) is 0 Å². The van der Waals surface area contributed by atoms with E-state index < -0.39 is 0 Å².